The molecule has 0 radical (unpaired) electrons. The van der Waals surface area contributed by atoms with Gasteiger partial charge in [-0.2, -0.15) is 4.98 Å². The second kappa shape index (κ2) is 6.57. The summed E-state index contributed by atoms with van der Waals surface area (Å²) in [5.41, 5.74) is 1.10. The number of benzene rings is 2. The third-order valence-electron chi connectivity index (χ3n) is 3.30. The van der Waals surface area contributed by atoms with Crippen LogP contribution in [0.5, 0.6) is 0 Å². The summed E-state index contributed by atoms with van der Waals surface area (Å²) in [6, 6.07) is 9.63. The molecular weight excluding hydrogens is 318 g/mol. The first kappa shape index (κ1) is 15.8. The molecule has 0 aliphatic rings. The van der Waals surface area contributed by atoms with Crippen molar-refractivity contribution in [2.45, 2.75) is 13.5 Å². The number of rotatable bonds is 4. The Kier molecular flexibility index (Phi) is 4.33. The van der Waals surface area contributed by atoms with E-state index in [0.717, 1.165) is 6.07 Å². The molecule has 7 heteroatoms. The molecule has 0 saturated carbocycles. The summed E-state index contributed by atoms with van der Waals surface area (Å²) in [5, 5.41) is 3.73. The maximum Gasteiger partial charge on any atom is 0.338 e. The number of hydrogen-bond donors (Lipinski definition) is 0. The van der Waals surface area contributed by atoms with Crippen LogP contribution in [0.3, 0.4) is 0 Å². The molecule has 0 aliphatic carbocycles. The van der Waals surface area contributed by atoms with E-state index in [0.29, 0.717) is 11.1 Å². The molecule has 5 nitrogen and oxygen atoms in total. The van der Waals surface area contributed by atoms with Crippen molar-refractivity contribution in [2.24, 2.45) is 0 Å². The average molecular weight is 330 g/mol. The van der Waals surface area contributed by atoms with Crippen molar-refractivity contribution in [2.75, 3.05) is 0 Å². The molecule has 0 fully saturated rings. The highest BCUT2D eigenvalue weighted by atomic mass is 19.1. The van der Waals surface area contributed by atoms with Gasteiger partial charge >= 0.3 is 5.97 Å². The van der Waals surface area contributed by atoms with Crippen LogP contribution in [0.4, 0.5) is 8.78 Å². The van der Waals surface area contributed by atoms with Gasteiger partial charge in [0.25, 0.3) is 5.89 Å². The Hall–Kier alpha value is -3.09. The van der Waals surface area contributed by atoms with E-state index in [1.165, 1.54) is 36.4 Å². The van der Waals surface area contributed by atoms with Crippen molar-refractivity contribution in [1.29, 1.82) is 0 Å². The first-order valence-corrected chi connectivity index (χ1v) is 7.05. The number of carbonyl (C=O) groups is 1. The number of carbonyl (C=O) groups excluding carboxylic acids is 1. The van der Waals surface area contributed by atoms with Crippen LogP contribution in [-0.4, -0.2) is 16.1 Å². The summed E-state index contributed by atoms with van der Waals surface area (Å²) in [7, 11) is 0. The lowest BCUT2D eigenvalue weighted by Gasteiger charge is -2.03. The lowest BCUT2D eigenvalue weighted by Crippen LogP contribution is -2.06. The molecule has 0 amide bonds. The Bertz CT molecular complexity index is 876. The van der Waals surface area contributed by atoms with Gasteiger partial charge in [-0.05, 0) is 48.9 Å². The van der Waals surface area contributed by atoms with Crippen LogP contribution in [0.25, 0.3) is 11.4 Å². The number of aryl methyl sites for hydroxylation is 1. The number of halogens is 2. The van der Waals surface area contributed by atoms with E-state index < -0.39 is 11.8 Å². The Labute approximate surface area is 135 Å². The molecule has 3 aromatic rings. The predicted octanol–water partition coefficient (Wildman–Crippen LogP) is 3.68. The van der Waals surface area contributed by atoms with E-state index in [2.05, 4.69) is 10.1 Å². The number of hydrogen-bond acceptors (Lipinski definition) is 5. The first-order chi connectivity index (χ1) is 11.5. The summed E-state index contributed by atoms with van der Waals surface area (Å²) in [6.07, 6.45) is 0. The second-order valence-corrected chi connectivity index (χ2v) is 5.06. The molecule has 24 heavy (non-hydrogen) atoms. The van der Waals surface area contributed by atoms with E-state index in [-0.39, 0.29) is 29.7 Å². The Morgan fingerprint density at radius 3 is 2.62 bits per heavy atom. The van der Waals surface area contributed by atoms with Crippen LogP contribution in [0.15, 0.2) is 47.0 Å². The van der Waals surface area contributed by atoms with Crippen LogP contribution in [0.2, 0.25) is 0 Å². The standard InChI is InChI=1S/C17H12F2N2O3/c1-10-2-3-12(8-14(10)19)17(22)23-9-15-20-16(21-24-15)11-4-6-13(18)7-5-11/h2-8H,9H2,1H3. The minimum absolute atomic E-state index is 0.0789. The van der Waals surface area contributed by atoms with Crippen molar-refractivity contribution in [3.05, 3.63) is 71.1 Å². The van der Waals surface area contributed by atoms with E-state index in [4.69, 9.17) is 9.26 Å². The third-order valence-corrected chi connectivity index (χ3v) is 3.30. The van der Waals surface area contributed by atoms with Gasteiger partial charge in [0, 0.05) is 5.56 Å². The SMILES string of the molecule is Cc1ccc(C(=O)OCc2nc(-c3ccc(F)cc3)no2)cc1F. The monoisotopic (exact) mass is 330 g/mol. The molecule has 1 heterocycles. The fourth-order valence-corrected chi connectivity index (χ4v) is 1.96. The molecule has 0 atom stereocenters. The van der Waals surface area contributed by atoms with E-state index in [1.54, 1.807) is 6.92 Å². The van der Waals surface area contributed by atoms with Crippen LogP contribution >= 0.6 is 0 Å². The fourth-order valence-electron chi connectivity index (χ4n) is 1.96. The normalized spacial score (nSPS) is 10.6. The van der Waals surface area contributed by atoms with E-state index in [1.807, 2.05) is 0 Å². The van der Waals surface area contributed by atoms with Gasteiger partial charge in [0.1, 0.15) is 11.6 Å². The highest BCUT2D eigenvalue weighted by molar-refractivity contribution is 5.89. The van der Waals surface area contributed by atoms with Gasteiger partial charge in [0.15, 0.2) is 6.61 Å². The van der Waals surface area contributed by atoms with Crippen LogP contribution in [-0.2, 0) is 11.3 Å². The van der Waals surface area contributed by atoms with Crippen LogP contribution < -0.4 is 0 Å². The summed E-state index contributed by atoms with van der Waals surface area (Å²) < 4.78 is 36.3. The maximum atomic E-state index is 13.4. The van der Waals surface area contributed by atoms with Gasteiger partial charge in [-0.25, -0.2) is 13.6 Å². The van der Waals surface area contributed by atoms with Crippen molar-refractivity contribution < 1.29 is 22.8 Å². The summed E-state index contributed by atoms with van der Waals surface area (Å²) in [6.45, 7) is 1.35. The Morgan fingerprint density at radius 2 is 1.92 bits per heavy atom. The molecule has 0 bridgehead atoms. The van der Waals surface area contributed by atoms with Crippen molar-refractivity contribution >= 4 is 5.97 Å². The summed E-state index contributed by atoms with van der Waals surface area (Å²) >= 11 is 0. The molecule has 1 aromatic heterocycles. The molecule has 0 unspecified atom stereocenters. The lowest BCUT2D eigenvalue weighted by atomic mass is 10.1. The van der Waals surface area contributed by atoms with Crippen LogP contribution in [0.1, 0.15) is 21.8 Å². The fraction of sp³-hybridized carbons (Fsp3) is 0.118. The van der Waals surface area contributed by atoms with Crippen LogP contribution in [0, 0.1) is 18.6 Å². The number of aromatic nitrogens is 2. The van der Waals surface area contributed by atoms with Crippen molar-refractivity contribution in [3.8, 4) is 11.4 Å². The summed E-state index contributed by atoms with van der Waals surface area (Å²) in [5.74, 6) is -1.23. The van der Waals surface area contributed by atoms with Gasteiger partial charge in [0.05, 0.1) is 5.56 Å². The molecule has 0 N–H and O–H groups in total. The van der Waals surface area contributed by atoms with Gasteiger partial charge in [-0.1, -0.05) is 11.2 Å². The summed E-state index contributed by atoms with van der Waals surface area (Å²) in [4.78, 5) is 15.9. The zero-order valence-electron chi connectivity index (χ0n) is 12.6. The molecule has 3 rings (SSSR count). The largest absolute Gasteiger partial charge is 0.452 e. The van der Waals surface area contributed by atoms with Gasteiger partial charge in [-0.15, -0.1) is 0 Å². The van der Waals surface area contributed by atoms with E-state index >= 15 is 0 Å². The molecular formula is C17H12F2N2O3. The van der Waals surface area contributed by atoms with Gasteiger partial charge in [0.2, 0.25) is 5.82 Å². The molecule has 0 saturated heterocycles. The Balaban J connectivity index is 1.65. The molecule has 2 aromatic carbocycles. The number of nitrogens with zero attached hydrogens (tertiary/aromatic N) is 2. The van der Waals surface area contributed by atoms with E-state index in [9.17, 15) is 13.6 Å². The molecule has 0 spiro atoms. The third kappa shape index (κ3) is 3.45. The van der Waals surface area contributed by atoms with Crippen molar-refractivity contribution in [1.82, 2.24) is 10.1 Å². The minimum atomic E-state index is -0.699. The smallest absolute Gasteiger partial charge is 0.338 e. The zero-order valence-corrected chi connectivity index (χ0v) is 12.6. The molecule has 122 valence electrons. The number of esters is 1. The molecule has 0 aliphatic heterocycles. The number of ether oxygens (including phenoxy) is 1. The second-order valence-electron chi connectivity index (χ2n) is 5.06. The Morgan fingerprint density at radius 1 is 1.17 bits per heavy atom. The maximum absolute atomic E-state index is 13.4. The predicted molar refractivity (Wildman–Crippen MR) is 79.9 cm³/mol. The van der Waals surface area contributed by atoms with Crippen molar-refractivity contribution in [3.63, 3.8) is 0 Å². The topological polar surface area (TPSA) is 65.2 Å². The zero-order chi connectivity index (χ0) is 17.1. The first-order valence-electron chi connectivity index (χ1n) is 7.05. The quantitative estimate of drug-likeness (QED) is 0.683. The minimum Gasteiger partial charge on any atom is -0.452 e. The van der Waals surface area contributed by atoms with Gasteiger partial charge < -0.3 is 9.26 Å². The highest BCUT2D eigenvalue weighted by Gasteiger charge is 2.13. The van der Waals surface area contributed by atoms with Gasteiger partial charge in [-0.3, -0.25) is 0 Å². The highest BCUT2D eigenvalue weighted by Crippen LogP contribution is 2.17. The lowest BCUT2D eigenvalue weighted by molar-refractivity contribution is 0.0429. The average Bonchev–Trinajstić information content (AvgIpc) is 3.05.